The van der Waals surface area contributed by atoms with Crippen LogP contribution in [0.2, 0.25) is 0 Å². The van der Waals surface area contributed by atoms with Crippen LogP contribution in [0.4, 0.5) is 5.95 Å². The zero-order chi connectivity index (χ0) is 11.7. The van der Waals surface area contributed by atoms with Crippen molar-refractivity contribution in [2.75, 3.05) is 18.9 Å². The van der Waals surface area contributed by atoms with E-state index in [2.05, 4.69) is 15.0 Å². The molecule has 2 heterocycles. The van der Waals surface area contributed by atoms with E-state index in [9.17, 15) is 4.79 Å². The highest BCUT2D eigenvalue weighted by Crippen LogP contribution is 2.12. The number of nitrogen functional groups attached to an aromatic ring is 1. The van der Waals surface area contributed by atoms with Crippen LogP contribution in [0.25, 0.3) is 11.2 Å². The molecule has 5 N–H and O–H groups in total. The Balaban J connectivity index is 2.68. The fourth-order valence-electron chi connectivity index (χ4n) is 1.44. The second kappa shape index (κ2) is 3.91. The lowest BCUT2D eigenvalue weighted by Gasteiger charge is -2.12. The molecule has 0 aliphatic rings. The summed E-state index contributed by atoms with van der Waals surface area (Å²) in [6, 6.07) is -0.585. The summed E-state index contributed by atoms with van der Waals surface area (Å²) in [6.07, 6.45) is 1.34. The molecular formula is C8H11N5O3. The smallest absolute Gasteiger partial charge is 0.280 e. The molecule has 0 saturated heterocycles. The van der Waals surface area contributed by atoms with Crippen LogP contribution in [-0.4, -0.2) is 42.9 Å². The fourth-order valence-corrected chi connectivity index (χ4v) is 1.44. The first kappa shape index (κ1) is 10.6. The zero-order valence-electron chi connectivity index (χ0n) is 8.29. The minimum Gasteiger partial charge on any atom is -0.394 e. The predicted octanol–water partition coefficient (Wildman–Crippen LogP) is -1.77. The van der Waals surface area contributed by atoms with E-state index in [0.717, 1.165) is 0 Å². The molecule has 0 unspecified atom stereocenters. The van der Waals surface area contributed by atoms with Gasteiger partial charge in [0.05, 0.1) is 25.6 Å². The number of aliphatic hydroxyl groups excluding tert-OH is 2. The lowest BCUT2D eigenvalue weighted by molar-refractivity contribution is 0.156. The maximum Gasteiger partial charge on any atom is 0.280 e. The Morgan fingerprint density at radius 3 is 2.81 bits per heavy atom. The van der Waals surface area contributed by atoms with Crippen LogP contribution in [0.1, 0.15) is 6.04 Å². The van der Waals surface area contributed by atoms with E-state index in [-0.39, 0.29) is 30.3 Å². The van der Waals surface area contributed by atoms with E-state index in [0.29, 0.717) is 0 Å². The molecule has 16 heavy (non-hydrogen) atoms. The van der Waals surface area contributed by atoms with E-state index in [1.165, 1.54) is 10.9 Å². The minimum atomic E-state index is -0.585. The molecule has 0 atom stereocenters. The van der Waals surface area contributed by atoms with Crippen molar-refractivity contribution in [2.24, 2.45) is 0 Å². The molecule has 0 radical (unpaired) electrons. The fraction of sp³-hybridized carbons (Fsp3) is 0.375. The molecule has 0 aromatic carbocycles. The number of H-pyrrole nitrogens is 1. The number of nitrogens with zero attached hydrogens (tertiary/aromatic N) is 3. The summed E-state index contributed by atoms with van der Waals surface area (Å²) in [6.45, 7) is -0.563. The Kier molecular flexibility index (Phi) is 2.59. The van der Waals surface area contributed by atoms with Gasteiger partial charge in [-0.05, 0) is 0 Å². The van der Waals surface area contributed by atoms with E-state index < -0.39 is 11.6 Å². The number of anilines is 1. The van der Waals surface area contributed by atoms with Gasteiger partial charge in [-0.2, -0.15) is 4.98 Å². The van der Waals surface area contributed by atoms with Crippen molar-refractivity contribution >= 4 is 17.1 Å². The summed E-state index contributed by atoms with van der Waals surface area (Å²) in [5.41, 5.74) is 5.33. The number of aliphatic hydroxyl groups is 2. The van der Waals surface area contributed by atoms with Gasteiger partial charge in [0.25, 0.3) is 5.56 Å². The molecule has 2 aromatic heterocycles. The molecule has 86 valence electrons. The van der Waals surface area contributed by atoms with Crippen LogP contribution in [-0.2, 0) is 0 Å². The lowest BCUT2D eigenvalue weighted by atomic mass is 10.3. The van der Waals surface area contributed by atoms with E-state index in [4.69, 9.17) is 15.9 Å². The van der Waals surface area contributed by atoms with Crippen LogP contribution < -0.4 is 11.3 Å². The summed E-state index contributed by atoms with van der Waals surface area (Å²) < 4.78 is 1.42. The summed E-state index contributed by atoms with van der Waals surface area (Å²) in [7, 11) is 0. The maximum atomic E-state index is 11.4. The van der Waals surface area contributed by atoms with Crippen LogP contribution in [0, 0.1) is 0 Å². The molecule has 8 nitrogen and oxygen atoms in total. The van der Waals surface area contributed by atoms with Crippen LogP contribution in [0.3, 0.4) is 0 Å². The van der Waals surface area contributed by atoms with Crippen molar-refractivity contribution in [2.45, 2.75) is 6.04 Å². The van der Waals surface area contributed by atoms with Gasteiger partial charge in [-0.1, -0.05) is 0 Å². The number of fused-ring (bicyclic) bond motifs is 1. The average Bonchev–Trinajstić information content (AvgIpc) is 2.64. The SMILES string of the molecule is Nc1nc2c(ncn2C(CO)CO)c(=O)[nH]1. The first-order chi connectivity index (χ1) is 7.67. The topological polar surface area (TPSA) is 130 Å². The quantitative estimate of drug-likeness (QED) is 0.489. The Hall–Kier alpha value is -1.93. The molecule has 0 aliphatic carbocycles. The molecule has 0 spiro atoms. The first-order valence-corrected chi connectivity index (χ1v) is 4.61. The van der Waals surface area contributed by atoms with Gasteiger partial charge in [-0.3, -0.25) is 9.78 Å². The maximum absolute atomic E-state index is 11.4. The summed E-state index contributed by atoms with van der Waals surface area (Å²) in [5.74, 6) is -0.0334. The predicted molar refractivity (Wildman–Crippen MR) is 55.8 cm³/mol. The Labute approximate surface area is 89.4 Å². The monoisotopic (exact) mass is 225 g/mol. The molecule has 0 bridgehead atoms. The van der Waals surface area contributed by atoms with Gasteiger partial charge in [0.2, 0.25) is 5.95 Å². The van der Waals surface area contributed by atoms with Crippen molar-refractivity contribution in [1.82, 2.24) is 19.5 Å². The Morgan fingerprint density at radius 2 is 2.19 bits per heavy atom. The molecule has 8 heteroatoms. The number of hydrogen-bond acceptors (Lipinski definition) is 6. The number of imidazole rings is 1. The standard InChI is InChI=1S/C8H11N5O3/c9-8-11-6-5(7(16)12-8)10-3-13(6)4(1-14)2-15/h3-4,14-15H,1-2H2,(H3,9,11,12,16). The highest BCUT2D eigenvalue weighted by Gasteiger charge is 2.15. The summed E-state index contributed by atoms with van der Waals surface area (Å²) >= 11 is 0. The number of hydrogen-bond donors (Lipinski definition) is 4. The number of nitrogens with one attached hydrogen (secondary N) is 1. The van der Waals surface area contributed by atoms with Crippen LogP contribution >= 0.6 is 0 Å². The van der Waals surface area contributed by atoms with Gasteiger partial charge in [0, 0.05) is 0 Å². The van der Waals surface area contributed by atoms with E-state index in [1.54, 1.807) is 0 Å². The van der Waals surface area contributed by atoms with Gasteiger partial charge >= 0.3 is 0 Å². The van der Waals surface area contributed by atoms with Crippen molar-refractivity contribution in [3.63, 3.8) is 0 Å². The number of nitrogens with two attached hydrogens (primary N) is 1. The number of aromatic nitrogens is 4. The number of rotatable bonds is 3. The van der Waals surface area contributed by atoms with Gasteiger partial charge < -0.3 is 20.5 Å². The third-order valence-corrected chi connectivity index (χ3v) is 2.27. The molecule has 2 aromatic rings. The average molecular weight is 225 g/mol. The molecule has 0 aliphatic heterocycles. The second-order valence-electron chi connectivity index (χ2n) is 3.29. The van der Waals surface area contributed by atoms with E-state index >= 15 is 0 Å². The highest BCUT2D eigenvalue weighted by atomic mass is 16.3. The van der Waals surface area contributed by atoms with Gasteiger partial charge in [0.15, 0.2) is 11.2 Å². The summed E-state index contributed by atoms with van der Waals surface area (Å²) in [4.78, 5) is 21.5. The van der Waals surface area contributed by atoms with Gasteiger partial charge in [-0.15, -0.1) is 0 Å². The Morgan fingerprint density at radius 1 is 1.50 bits per heavy atom. The van der Waals surface area contributed by atoms with Crippen molar-refractivity contribution in [1.29, 1.82) is 0 Å². The second-order valence-corrected chi connectivity index (χ2v) is 3.29. The van der Waals surface area contributed by atoms with E-state index in [1.807, 2.05) is 0 Å². The van der Waals surface area contributed by atoms with Gasteiger partial charge in [-0.25, -0.2) is 4.98 Å². The molecule has 0 fully saturated rings. The highest BCUT2D eigenvalue weighted by molar-refractivity contribution is 5.70. The third kappa shape index (κ3) is 1.53. The van der Waals surface area contributed by atoms with Crippen molar-refractivity contribution in [3.05, 3.63) is 16.7 Å². The van der Waals surface area contributed by atoms with Gasteiger partial charge in [0.1, 0.15) is 0 Å². The van der Waals surface area contributed by atoms with Crippen molar-refractivity contribution in [3.8, 4) is 0 Å². The molecule has 2 rings (SSSR count). The molecule has 0 saturated carbocycles. The molecular weight excluding hydrogens is 214 g/mol. The lowest BCUT2D eigenvalue weighted by Crippen LogP contribution is -2.18. The third-order valence-electron chi connectivity index (χ3n) is 2.27. The van der Waals surface area contributed by atoms with Crippen LogP contribution in [0.15, 0.2) is 11.1 Å². The zero-order valence-corrected chi connectivity index (χ0v) is 8.29. The number of aromatic amines is 1. The summed E-state index contributed by atoms with van der Waals surface area (Å²) in [5, 5.41) is 18.1. The minimum absolute atomic E-state index is 0.0334. The first-order valence-electron chi connectivity index (χ1n) is 4.61. The Bertz CT molecular complexity index is 556. The normalized spacial score (nSPS) is 11.4. The van der Waals surface area contributed by atoms with Crippen molar-refractivity contribution < 1.29 is 10.2 Å². The largest absolute Gasteiger partial charge is 0.394 e. The molecule has 0 amide bonds. The van der Waals surface area contributed by atoms with Crippen LogP contribution in [0.5, 0.6) is 0 Å².